The Morgan fingerprint density at radius 3 is 2.48 bits per heavy atom. The first-order valence-corrected chi connectivity index (χ1v) is 10.6. The number of hydrogen-bond acceptors (Lipinski definition) is 4. The van der Waals surface area contributed by atoms with E-state index in [1.165, 1.54) is 0 Å². The number of rotatable bonds is 9. The molecule has 6 heteroatoms. The number of carbonyl (C=O) groups excluding carboxylic acids is 1. The van der Waals surface area contributed by atoms with Gasteiger partial charge in [0.25, 0.3) is 5.91 Å². The fraction of sp³-hybridized carbons (Fsp3) is 0.240. The highest BCUT2D eigenvalue weighted by Gasteiger charge is 2.11. The maximum absolute atomic E-state index is 12.3. The molecule has 3 aromatic rings. The van der Waals surface area contributed by atoms with E-state index in [9.17, 15) is 4.79 Å². The molecule has 3 rings (SSSR count). The molecule has 0 aliphatic rings. The monoisotopic (exact) mass is 438 g/mol. The van der Waals surface area contributed by atoms with Gasteiger partial charge in [0.15, 0.2) is 18.1 Å². The van der Waals surface area contributed by atoms with Gasteiger partial charge in [0.1, 0.15) is 0 Å². The Morgan fingerprint density at radius 2 is 1.71 bits per heavy atom. The van der Waals surface area contributed by atoms with E-state index >= 15 is 0 Å². The van der Waals surface area contributed by atoms with Crippen LogP contribution < -0.4 is 20.1 Å². The molecule has 162 valence electrons. The minimum Gasteiger partial charge on any atom is -0.490 e. The molecule has 1 amide bonds. The fourth-order valence-corrected chi connectivity index (χ4v) is 3.26. The predicted octanol–water partition coefficient (Wildman–Crippen LogP) is 5.99. The van der Waals surface area contributed by atoms with Crippen molar-refractivity contribution in [1.29, 1.82) is 0 Å². The van der Waals surface area contributed by atoms with Crippen molar-refractivity contribution in [2.24, 2.45) is 0 Å². The van der Waals surface area contributed by atoms with Crippen molar-refractivity contribution in [2.45, 2.75) is 27.3 Å². The van der Waals surface area contributed by atoms with Gasteiger partial charge >= 0.3 is 0 Å². The third kappa shape index (κ3) is 6.15. The van der Waals surface area contributed by atoms with Crippen molar-refractivity contribution in [3.8, 4) is 11.5 Å². The maximum Gasteiger partial charge on any atom is 0.262 e. The van der Waals surface area contributed by atoms with Crippen LogP contribution in [0.2, 0.25) is 5.02 Å². The number of para-hydroxylation sites is 1. The molecule has 2 N–H and O–H groups in total. The second kappa shape index (κ2) is 10.7. The Hall–Kier alpha value is -3.18. The lowest BCUT2D eigenvalue weighted by atomic mass is 10.1. The standard InChI is InChI=1S/C25H27ClN2O3/c1-4-30-24-14-19(15-27-22-11-7-9-20(26)18(22)3)12-13-23(24)31-16-25(29)28-21-10-6-5-8-17(21)2/h5-14,27H,4,15-16H2,1-3H3,(H,28,29). The molecule has 0 heterocycles. The summed E-state index contributed by atoms with van der Waals surface area (Å²) >= 11 is 6.19. The van der Waals surface area contributed by atoms with Crippen LogP contribution in [-0.2, 0) is 11.3 Å². The van der Waals surface area contributed by atoms with E-state index in [1.54, 1.807) is 0 Å². The lowest BCUT2D eigenvalue weighted by molar-refractivity contribution is -0.118. The van der Waals surface area contributed by atoms with Gasteiger partial charge in [-0.25, -0.2) is 0 Å². The number of carbonyl (C=O) groups is 1. The van der Waals surface area contributed by atoms with Crippen LogP contribution in [0.1, 0.15) is 23.6 Å². The highest BCUT2D eigenvalue weighted by Crippen LogP contribution is 2.30. The molecular weight excluding hydrogens is 412 g/mol. The van der Waals surface area contributed by atoms with Crippen LogP contribution in [-0.4, -0.2) is 19.1 Å². The van der Waals surface area contributed by atoms with Gasteiger partial charge in [-0.3, -0.25) is 4.79 Å². The van der Waals surface area contributed by atoms with Gasteiger partial charge in [0.2, 0.25) is 0 Å². The summed E-state index contributed by atoms with van der Waals surface area (Å²) in [7, 11) is 0. The van der Waals surface area contributed by atoms with Gasteiger partial charge in [-0.1, -0.05) is 41.9 Å². The Morgan fingerprint density at radius 1 is 0.935 bits per heavy atom. The molecule has 0 aromatic heterocycles. The van der Waals surface area contributed by atoms with E-state index in [4.69, 9.17) is 21.1 Å². The quantitative estimate of drug-likeness (QED) is 0.431. The third-order valence-electron chi connectivity index (χ3n) is 4.84. The van der Waals surface area contributed by atoms with E-state index in [0.717, 1.165) is 33.1 Å². The molecule has 0 radical (unpaired) electrons. The van der Waals surface area contributed by atoms with Crippen molar-refractivity contribution in [3.63, 3.8) is 0 Å². The van der Waals surface area contributed by atoms with Gasteiger partial charge in [-0.2, -0.15) is 0 Å². The Kier molecular flexibility index (Phi) is 7.79. The summed E-state index contributed by atoms with van der Waals surface area (Å²) in [6, 6.07) is 19.1. The van der Waals surface area contributed by atoms with Gasteiger partial charge < -0.3 is 20.1 Å². The summed E-state index contributed by atoms with van der Waals surface area (Å²) in [5.74, 6) is 0.914. The second-order valence-corrected chi connectivity index (χ2v) is 7.54. The molecule has 0 spiro atoms. The van der Waals surface area contributed by atoms with Crippen molar-refractivity contribution in [2.75, 3.05) is 23.8 Å². The van der Waals surface area contributed by atoms with E-state index in [0.29, 0.717) is 24.7 Å². The molecule has 0 bridgehead atoms. The van der Waals surface area contributed by atoms with E-state index in [2.05, 4.69) is 10.6 Å². The van der Waals surface area contributed by atoms with Crippen LogP contribution in [0.15, 0.2) is 60.7 Å². The van der Waals surface area contributed by atoms with Crippen molar-refractivity contribution in [1.82, 2.24) is 0 Å². The van der Waals surface area contributed by atoms with Gasteiger partial charge in [-0.05, 0) is 67.8 Å². The smallest absolute Gasteiger partial charge is 0.262 e. The highest BCUT2D eigenvalue weighted by molar-refractivity contribution is 6.31. The molecule has 0 atom stereocenters. The third-order valence-corrected chi connectivity index (χ3v) is 5.25. The van der Waals surface area contributed by atoms with Gasteiger partial charge in [-0.15, -0.1) is 0 Å². The SMILES string of the molecule is CCOc1cc(CNc2cccc(Cl)c2C)ccc1OCC(=O)Nc1ccccc1C. The Bertz CT molecular complexity index is 1050. The van der Waals surface area contributed by atoms with Gasteiger partial charge in [0, 0.05) is 22.9 Å². The molecule has 0 aliphatic carbocycles. The largest absolute Gasteiger partial charge is 0.490 e. The van der Waals surface area contributed by atoms with Crippen LogP contribution in [0.4, 0.5) is 11.4 Å². The molecule has 0 fully saturated rings. The summed E-state index contributed by atoms with van der Waals surface area (Å²) in [5.41, 5.74) is 4.79. The van der Waals surface area contributed by atoms with Crippen molar-refractivity contribution in [3.05, 3.63) is 82.4 Å². The zero-order chi connectivity index (χ0) is 22.2. The topological polar surface area (TPSA) is 59.6 Å². The highest BCUT2D eigenvalue weighted by atomic mass is 35.5. The van der Waals surface area contributed by atoms with Gasteiger partial charge in [0.05, 0.1) is 6.61 Å². The Balaban J connectivity index is 1.63. The molecule has 0 saturated heterocycles. The molecule has 5 nitrogen and oxygen atoms in total. The van der Waals surface area contributed by atoms with E-state index in [-0.39, 0.29) is 12.5 Å². The number of ether oxygens (including phenoxy) is 2. The first-order valence-electron chi connectivity index (χ1n) is 10.2. The summed E-state index contributed by atoms with van der Waals surface area (Å²) in [4.78, 5) is 12.3. The number of aryl methyl sites for hydroxylation is 1. The number of nitrogens with one attached hydrogen (secondary N) is 2. The molecule has 0 aliphatic heterocycles. The predicted molar refractivity (Wildman–Crippen MR) is 126 cm³/mol. The number of amides is 1. The van der Waals surface area contributed by atoms with Crippen LogP contribution >= 0.6 is 11.6 Å². The normalized spacial score (nSPS) is 10.5. The van der Waals surface area contributed by atoms with Crippen LogP contribution in [0.3, 0.4) is 0 Å². The first-order chi connectivity index (χ1) is 15.0. The average Bonchev–Trinajstić information content (AvgIpc) is 2.76. The Labute approximate surface area is 188 Å². The molecular formula is C25H27ClN2O3. The number of halogens is 1. The zero-order valence-corrected chi connectivity index (χ0v) is 18.8. The molecule has 3 aromatic carbocycles. The lowest BCUT2D eigenvalue weighted by Gasteiger charge is -2.15. The van der Waals surface area contributed by atoms with Crippen molar-refractivity contribution >= 4 is 28.9 Å². The molecule has 0 saturated carbocycles. The summed E-state index contributed by atoms with van der Waals surface area (Å²) in [6.45, 7) is 6.84. The lowest BCUT2D eigenvalue weighted by Crippen LogP contribution is -2.20. The maximum atomic E-state index is 12.3. The first kappa shape index (κ1) is 22.5. The summed E-state index contributed by atoms with van der Waals surface area (Å²) in [6.07, 6.45) is 0. The summed E-state index contributed by atoms with van der Waals surface area (Å²) in [5, 5.41) is 6.99. The minimum atomic E-state index is -0.223. The van der Waals surface area contributed by atoms with Crippen LogP contribution in [0, 0.1) is 13.8 Å². The molecule has 0 unspecified atom stereocenters. The van der Waals surface area contributed by atoms with Crippen molar-refractivity contribution < 1.29 is 14.3 Å². The van der Waals surface area contributed by atoms with Crippen LogP contribution in [0.5, 0.6) is 11.5 Å². The zero-order valence-electron chi connectivity index (χ0n) is 18.0. The van der Waals surface area contributed by atoms with E-state index in [1.807, 2.05) is 81.4 Å². The molecule has 31 heavy (non-hydrogen) atoms. The summed E-state index contributed by atoms with van der Waals surface area (Å²) < 4.78 is 11.5. The average molecular weight is 439 g/mol. The number of anilines is 2. The van der Waals surface area contributed by atoms with Crippen LogP contribution in [0.25, 0.3) is 0 Å². The van der Waals surface area contributed by atoms with E-state index < -0.39 is 0 Å². The number of hydrogen-bond donors (Lipinski definition) is 2. The fourth-order valence-electron chi connectivity index (χ4n) is 3.09. The minimum absolute atomic E-state index is 0.103. The second-order valence-electron chi connectivity index (χ2n) is 7.13. The number of benzene rings is 3.